The summed E-state index contributed by atoms with van der Waals surface area (Å²) in [6.07, 6.45) is 1.71. The summed E-state index contributed by atoms with van der Waals surface area (Å²) in [6, 6.07) is 2.06. The number of benzene rings is 1. The number of hydrogen-bond acceptors (Lipinski definition) is 2. The molecule has 0 unspecified atom stereocenters. The van der Waals surface area contributed by atoms with Gasteiger partial charge in [0.1, 0.15) is 11.4 Å². The summed E-state index contributed by atoms with van der Waals surface area (Å²) in [4.78, 5) is 6.85. The highest BCUT2D eigenvalue weighted by Crippen LogP contribution is 2.27. The number of rotatable bonds is 5. The van der Waals surface area contributed by atoms with Crippen molar-refractivity contribution in [2.45, 2.75) is 19.8 Å². The molecule has 0 bridgehead atoms. The summed E-state index contributed by atoms with van der Waals surface area (Å²) in [7, 11) is 0. The minimum Gasteiger partial charge on any atom is -0.493 e. The number of nitrogens with zero attached hydrogens (tertiary/aromatic N) is 2. The van der Waals surface area contributed by atoms with Gasteiger partial charge in [-0.25, -0.2) is 13.8 Å². The molecular weight excluding hydrogens is 268 g/mol. The van der Waals surface area contributed by atoms with Gasteiger partial charge in [0.15, 0.2) is 17.6 Å². The summed E-state index contributed by atoms with van der Waals surface area (Å²) < 4.78 is 32.7. The summed E-state index contributed by atoms with van der Waals surface area (Å²) in [5.41, 5.74) is 14.9. The molecule has 0 fully saturated rings. The van der Waals surface area contributed by atoms with Crippen LogP contribution < -0.4 is 21.9 Å². The Labute approximate surface area is 115 Å². The molecule has 0 aliphatic carbocycles. The largest absolute Gasteiger partial charge is 0.493 e. The second-order valence-corrected chi connectivity index (χ2v) is 3.94. The molecule has 0 heterocycles. The van der Waals surface area contributed by atoms with Crippen LogP contribution in [0.15, 0.2) is 22.1 Å². The molecule has 6 N–H and O–H groups in total. The van der Waals surface area contributed by atoms with Crippen LogP contribution >= 0.6 is 0 Å². The molecule has 1 rings (SSSR count). The number of aliphatic imine (C=N–C) groups is 2. The van der Waals surface area contributed by atoms with E-state index in [4.69, 9.17) is 21.9 Å². The molecule has 0 spiro atoms. The van der Waals surface area contributed by atoms with Gasteiger partial charge < -0.3 is 21.9 Å². The Hall–Kier alpha value is -2.38. The predicted molar refractivity (Wildman–Crippen MR) is 73.9 cm³/mol. The van der Waals surface area contributed by atoms with Crippen molar-refractivity contribution in [2.24, 2.45) is 27.2 Å². The van der Waals surface area contributed by atoms with Crippen LogP contribution in [0.1, 0.15) is 19.8 Å². The first-order valence-electron chi connectivity index (χ1n) is 5.99. The fourth-order valence-corrected chi connectivity index (χ4v) is 1.34. The van der Waals surface area contributed by atoms with Gasteiger partial charge in [0, 0.05) is 12.1 Å². The average molecular weight is 285 g/mol. The molecule has 6 nitrogen and oxygen atoms in total. The van der Waals surface area contributed by atoms with E-state index < -0.39 is 23.3 Å². The molecule has 0 amide bonds. The van der Waals surface area contributed by atoms with Crippen molar-refractivity contribution >= 4 is 17.6 Å². The third-order valence-corrected chi connectivity index (χ3v) is 2.23. The Balaban J connectivity index is 2.97. The lowest BCUT2D eigenvalue weighted by molar-refractivity contribution is 0.306. The zero-order valence-electron chi connectivity index (χ0n) is 11.1. The van der Waals surface area contributed by atoms with Crippen molar-refractivity contribution in [3.05, 3.63) is 23.8 Å². The molecule has 20 heavy (non-hydrogen) atoms. The van der Waals surface area contributed by atoms with Crippen molar-refractivity contribution in [1.82, 2.24) is 0 Å². The minimum absolute atomic E-state index is 0.0906. The molecule has 0 saturated carbocycles. The number of unbranched alkanes of at least 4 members (excludes halogenated alkanes) is 1. The molecule has 0 saturated heterocycles. The lowest BCUT2D eigenvalue weighted by Crippen LogP contribution is -2.26. The predicted octanol–water partition coefficient (Wildman–Crippen LogP) is 1.36. The van der Waals surface area contributed by atoms with E-state index in [0.29, 0.717) is 6.61 Å². The number of guanidine groups is 2. The van der Waals surface area contributed by atoms with Gasteiger partial charge >= 0.3 is 0 Å². The van der Waals surface area contributed by atoms with Crippen molar-refractivity contribution in [1.29, 1.82) is 0 Å². The molecule has 8 heteroatoms. The van der Waals surface area contributed by atoms with Crippen LogP contribution in [0.5, 0.6) is 5.75 Å². The van der Waals surface area contributed by atoms with Crippen molar-refractivity contribution < 1.29 is 13.5 Å². The Morgan fingerprint density at radius 1 is 1.20 bits per heavy atom. The maximum Gasteiger partial charge on any atom is 0.223 e. The molecule has 0 radical (unpaired) electrons. The van der Waals surface area contributed by atoms with Gasteiger partial charge in [-0.1, -0.05) is 13.3 Å². The van der Waals surface area contributed by atoms with E-state index in [2.05, 4.69) is 9.98 Å². The van der Waals surface area contributed by atoms with Crippen LogP contribution in [0.25, 0.3) is 0 Å². The quantitative estimate of drug-likeness (QED) is 0.431. The van der Waals surface area contributed by atoms with Gasteiger partial charge in [-0.2, -0.15) is 4.99 Å². The van der Waals surface area contributed by atoms with Crippen LogP contribution in [0.4, 0.5) is 14.5 Å². The molecule has 0 atom stereocenters. The van der Waals surface area contributed by atoms with E-state index in [9.17, 15) is 8.78 Å². The molecular formula is C12H17F2N5O. The van der Waals surface area contributed by atoms with Gasteiger partial charge in [0.2, 0.25) is 5.96 Å². The van der Waals surface area contributed by atoms with Crippen LogP contribution in [-0.4, -0.2) is 18.5 Å². The molecule has 1 aromatic rings. The van der Waals surface area contributed by atoms with E-state index >= 15 is 0 Å². The van der Waals surface area contributed by atoms with E-state index in [1.807, 2.05) is 6.92 Å². The zero-order valence-corrected chi connectivity index (χ0v) is 11.1. The lowest BCUT2D eigenvalue weighted by atomic mass is 10.2. The van der Waals surface area contributed by atoms with Gasteiger partial charge in [0.05, 0.1) is 6.61 Å². The Kier molecular flexibility index (Phi) is 5.70. The fraction of sp³-hybridized carbons (Fsp3) is 0.333. The maximum atomic E-state index is 13.7. The van der Waals surface area contributed by atoms with E-state index in [1.165, 1.54) is 0 Å². The summed E-state index contributed by atoms with van der Waals surface area (Å²) >= 11 is 0. The number of nitrogens with two attached hydrogens (primary N) is 3. The van der Waals surface area contributed by atoms with E-state index in [1.54, 1.807) is 0 Å². The standard InChI is InChI=1S/C12H17F2N5O/c1-2-3-4-20-7-5-8(13)10(9(14)6-7)18-12(17)19-11(15)16/h5-6H,2-4H2,1H3,(H6,15,16,17,18,19). The van der Waals surface area contributed by atoms with Crippen LogP contribution in [0.2, 0.25) is 0 Å². The highest BCUT2D eigenvalue weighted by molar-refractivity contribution is 5.93. The smallest absolute Gasteiger partial charge is 0.223 e. The maximum absolute atomic E-state index is 13.7. The summed E-state index contributed by atoms with van der Waals surface area (Å²) in [5, 5.41) is 0. The molecule has 0 aliphatic rings. The van der Waals surface area contributed by atoms with Crippen molar-refractivity contribution in [2.75, 3.05) is 6.61 Å². The SMILES string of the molecule is CCCCOc1cc(F)c(N=C(N)N=C(N)N)c(F)c1. The minimum atomic E-state index is -0.912. The topological polar surface area (TPSA) is 112 Å². The Bertz CT molecular complexity index is 504. The third-order valence-electron chi connectivity index (χ3n) is 2.23. The number of hydrogen-bond donors (Lipinski definition) is 3. The van der Waals surface area contributed by atoms with Crippen molar-refractivity contribution in [3.63, 3.8) is 0 Å². The number of ether oxygens (including phenoxy) is 1. The lowest BCUT2D eigenvalue weighted by Gasteiger charge is -2.07. The monoisotopic (exact) mass is 285 g/mol. The first-order valence-corrected chi connectivity index (χ1v) is 5.99. The van der Waals surface area contributed by atoms with Crippen LogP contribution in [-0.2, 0) is 0 Å². The van der Waals surface area contributed by atoms with Gasteiger partial charge in [0.25, 0.3) is 0 Å². The zero-order chi connectivity index (χ0) is 15.1. The molecule has 110 valence electrons. The second kappa shape index (κ2) is 7.27. The highest BCUT2D eigenvalue weighted by Gasteiger charge is 2.12. The summed E-state index contributed by atoms with van der Waals surface area (Å²) in [5.74, 6) is -2.53. The van der Waals surface area contributed by atoms with Crippen LogP contribution in [0, 0.1) is 11.6 Å². The highest BCUT2D eigenvalue weighted by atomic mass is 19.1. The van der Waals surface area contributed by atoms with Gasteiger partial charge in [-0.3, -0.25) is 0 Å². The molecule has 0 aliphatic heterocycles. The molecule has 0 aromatic heterocycles. The van der Waals surface area contributed by atoms with Crippen molar-refractivity contribution in [3.8, 4) is 5.75 Å². The Morgan fingerprint density at radius 3 is 2.30 bits per heavy atom. The van der Waals surface area contributed by atoms with Crippen LogP contribution in [0.3, 0.4) is 0 Å². The normalized spacial score (nSPS) is 11.2. The Morgan fingerprint density at radius 2 is 1.80 bits per heavy atom. The first kappa shape index (κ1) is 15.7. The number of halogens is 2. The average Bonchev–Trinajstić information content (AvgIpc) is 2.33. The van der Waals surface area contributed by atoms with Gasteiger partial charge in [-0.05, 0) is 6.42 Å². The first-order chi connectivity index (χ1) is 9.43. The van der Waals surface area contributed by atoms with Gasteiger partial charge in [-0.15, -0.1) is 0 Å². The van der Waals surface area contributed by atoms with E-state index in [0.717, 1.165) is 25.0 Å². The van der Waals surface area contributed by atoms with E-state index in [-0.39, 0.29) is 11.7 Å². The summed E-state index contributed by atoms with van der Waals surface area (Å²) in [6.45, 7) is 2.36. The second-order valence-electron chi connectivity index (χ2n) is 3.94. The molecule has 1 aromatic carbocycles. The third kappa shape index (κ3) is 4.71. The fourth-order valence-electron chi connectivity index (χ4n) is 1.34.